The molecule has 3 heteroatoms. The van der Waals surface area contributed by atoms with Crippen LogP contribution in [-0.2, 0) is 6.54 Å². The average molecular weight is 319 g/mol. The van der Waals surface area contributed by atoms with Crippen LogP contribution < -0.4 is 5.32 Å². The molecule has 1 fully saturated rings. The van der Waals surface area contributed by atoms with Gasteiger partial charge in [0.25, 0.3) is 0 Å². The number of pyridine rings is 1. The Kier molecular flexibility index (Phi) is 3.60. The minimum atomic E-state index is 0.657. The van der Waals surface area contributed by atoms with Crippen molar-refractivity contribution in [3.05, 3.63) is 58.4 Å². The van der Waals surface area contributed by atoms with Crippen molar-refractivity contribution >= 4 is 16.7 Å². The predicted molar refractivity (Wildman–Crippen MR) is 101 cm³/mol. The van der Waals surface area contributed by atoms with Crippen molar-refractivity contribution in [3.8, 4) is 0 Å². The van der Waals surface area contributed by atoms with Crippen molar-refractivity contribution in [1.82, 2.24) is 9.55 Å². The van der Waals surface area contributed by atoms with Crippen molar-refractivity contribution in [1.29, 1.82) is 0 Å². The topological polar surface area (TPSA) is 29.9 Å². The van der Waals surface area contributed by atoms with E-state index in [9.17, 15) is 0 Å². The summed E-state index contributed by atoms with van der Waals surface area (Å²) in [6.45, 7) is 9.59. The minimum Gasteiger partial charge on any atom is -0.364 e. The molecule has 1 aliphatic rings. The molecular weight excluding hydrogens is 294 g/mol. The Morgan fingerprint density at radius 3 is 2.46 bits per heavy atom. The molecule has 1 N–H and O–H groups in total. The second kappa shape index (κ2) is 5.66. The summed E-state index contributed by atoms with van der Waals surface area (Å²) in [5.41, 5.74) is 7.93. The number of aromatic nitrogens is 2. The quantitative estimate of drug-likeness (QED) is 0.715. The van der Waals surface area contributed by atoms with Gasteiger partial charge in [0, 0.05) is 29.9 Å². The molecule has 1 saturated carbocycles. The Balaban J connectivity index is 1.76. The van der Waals surface area contributed by atoms with Crippen LogP contribution in [0.15, 0.2) is 30.5 Å². The van der Waals surface area contributed by atoms with Gasteiger partial charge in [0.2, 0.25) is 0 Å². The summed E-state index contributed by atoms with van der Waals surface area (Å²) in [6, 6.07) is 9.35. The van der Waals surface area contributed by atoms with Gasteiger partial charge in [-0.1, -0.05) is 29.8 Å². The van der Waals surface area contributed by atoms with E-state index in [0.29, 0.717) is 6.04 Å². The first-order valence-corrected chi connectivity index (χ1v) is 8.82. The lowest BCUT2D eigenvalue weighted by Crippen LogP contribution is -2.05. The molecule has 0 radical (unpaired) electrons. The third kappa shape index (κ3) is 2.48. The van der Waals surface area contributed by atoms with Gasteiger partial charge in [-0.15, -0.1) is 0 Å². The lowest BCUT2D eigenvalue weighted by atomic mass is 10.1. The van der Waals surface area contributed by atoms with Crippen molar-refractivity contribution in [2.24, 2.45) is 0 Å². The summed E-state index contributed by atoms with van der Waals surface area (Å²) in [7, 11) is 0. The number of nitrogens with zero attached hydrogens (tertiary/aromatic N) is 2. The fourth-order valence-corrected chi connectivity index (χ4v) is 3.64. The van der Waals surface area contributed by atoms with Crippen LogP contribution in [0.5, 0.6) is 0 Å². The second-order valence-corrected chi connectivity index (χ2v) is 7.16. The first kappa shape index (κ1) is 15.3. The first-order valence-electron chi connectivity index (χ1n) is 8.82. The molecule has 24 heavy (non-hydrogen) atoms. The van der Waals surface area contributed by atoms with Crippen molar-refractivity contribution < 1.29 is 0 Å². The zero-order valence-corrected chi connectivity index (χ0v) is 15.0. The van der Waals surface area contributed by atoms with E-state index < -0.39 is 0 Å². The molecule has 0 unspecified atom stereocenters. The normalized spacial score (nSPS) is 14.3. The van der Waals surface area contributed by atoms with Crippen LogP contribution >= 0.6 is 0 Å². The van der Waals surface area contributed by atoms with E-state index in [1.54, 1.807) is 0 Å². The van der Waals surface area contributed by atoms with Gasteiger partial charge < -0.3 is 9.88 Å². The lowest BCUT2D eigenvalue weighted by molar-refractivity contribution is 0.745. The van der Waals surface area contributed by atoms with Gasteiger partial charge in [-0.2, -0.15) is 0 Å². The number of fused-ring (bicyclic) bond motifs is 1. The SMILES string of the molecule is Cc1ccc(CNc2ncc(C)c3c(C)c(C)n(C4CC4)c23)cc1. The van der Waals surface area contributed by atoms with E-state index in [-0.39, 0.29) is 0 Å². The van der Waals surface area contributed by atoms with Gasteiger partial charge in [0.15, 0.2) is 5.82 Å². The lowest BCUT2D eigenvalue weighted by Gasteiger charge is -2.13. The smallest absolute Gasteiger partial charge is 0.150 e. The van der Waals surface area contributed by atoms with Crippen LogP contribution in [0.25, 0.3) is 10.9 Å². The molecule has 1 aromatic carbocycles. The van der Waals surface area contributed by atoms with Crippen LogP contribution in [0, 0.1) is 27.7 Å². The third-order valence-electron chi connectivity index (χ3n) is 5.26. The van der Waals surface area contributed by atoms with E-state index in [2.05, 4.69) is 61.8 Å². The predicted octanol–water partition coefficient (Wildman–Crippen LogP) is 5.22. The number of rotatable bonds is 4. The Hall–Kier alpha value is -2.29. The molecule has 0 bridgehead atoms. The van der Waals surface area contributed by atoms with Crippen LogP contribution in [0.4, 0.5) is 5.82 Å². The summed E-state index contributed by atoms with van der Waals surface area (Å²) >= 11 is 0. The summed E-state index contributed by atoms with van der Waals surface area (Å²) in [5, 5.41) is 4.96. The van der Waals surface area contributed by atoms with E-state index in [4.69, 9.17) is 4.98 Å². The van der Waals surface area contributed by atoms with Gasteiger partial charge in [0.1, 0.15) is 0 Å². The molecule has 0 amide bonds. The Labute approximate surface area is 143 Å². The van der Waals surface area contributed by atoms with Crippen LogP contribution in [0.2, 0.25) is 0 Å². The highest BCUT2D eigenvalue weighted by molar-refractivity contribution is 5.95. The Morgan fingerprint density at radius 2 is 1.79 bits per heavy atom. The average Bonchev–Trinajstić information content (AvgIpc) is 3.36. The molecule has 3 aromatic rings. The maximum absolute atomic E-state index is 4.73. The number of benzene rings is 1. The number of hydrogen-bond acceptors (Lipinski definition) is 2. The van der Waals surface area contributed by atoms with E-state index in [1.165, 1.54) is 51.7 Å². The molecule has 1 aliphatic carbocycles. The van der Waals surface area contributed by atoms with Gasteiger partial charge in [-0.25, -0.2) is 4.98 Å². The number of hydrogen-bond donors (Lipinski definition) is 1. The highest BCUT2D eigenvalue weighted by atomic mass is 15.1. The van der Waals surface area contributed by atoms with E-state index in [1.807, 2.05) is 6.20 Å². The third-order valence-corrected chi connectivity index (χ3v) is 5.26. The molecular formula is C21H25N3. The molecule has 0 saturated heterocycles. The van der Waals surface area contributed by atoms with Crippen molar-refractivity contribution in [2.75, 3.05) is 5.32 Å². The van der Waals surface area contributed by atoms with Crippen LogP contribution in [-0.4, -0.2) is 9.55 Å². The molecule has 3 nitrogen and oxygen atoms in total. The highest BCUT2D eigenvalue weighted by Crippen LogP contribution is 2.43. The number of aryl methyl sites for hydroxylation is 3. The first-order chi connectivity index (χ1) is 11.6. The standard InChI is InChI=1S/C21H25N3/c1-13-5-7-17(8-6-13)12-23-21-20-19(14(2)11-22-21)15(3)16(4)24(20)18-9-10-18/h5-8,11,18H,9-10,12H2,1-4H3,(H,22,23). The Bertz CT molecular complexity index is 899. The van der Waals surface area contributed by atoms with Gasteiger partial charge in [-0.05, 0) is 57.2 Å². The van der Waals surface area contributed by atoms with E-state index >= 15 is 0 Å². The molecule has 124 valence electrons. The van der Waals surface area contributed by atoms with Crippen molar-refractivity contribution in [3.63, 3.8) is 0 Å². The molecule has 0 atom stereocenters. The fourth-order valence-electron chi connectivity index (χ4n) is 3.64. The van der Waals surface area contributed by atoms with Gasteiger partial charge >= 0.3 is 0 Å². The number of anilines is 1. The molecule has 4 rings (SSSR count). The van der Waals surface area contributed by atoms with Gasteiger partial charge in [-0.3, -0.25) is 0 Å². The summed E-state index contributed by atoms with van der Waals surface area (Å²) in [5.74, 6) is 1.01. The maximum Gasteiger partial charge on any atom is 0.150 e. The number of nitrogens with one attached hydrogen (secondary N) is 1. The van der Waals surface area contributed by atoms with Crippen molar-refractivity contribution in [2.45, 2.75) is 53.1 Å². The summed E-state index contributed by atoms with van der Waals surface area (Å²) in [4.78, 5) is 4.73. The summed E-state index contributed by atoms with van der Waals surface area (Å²) < 4.78 is 2.52. The molecule has 2 heterocycles. The Morgan fingerprint density at radius 1 is 1.08 bits per heavy atom. The molecule has 2 aromatic heterocycles. The largest absolute Gasteiger partial charge is 0.364 e. The fraction of sp³-hybridized carbons (Fsp3) is 0.381. The second-order valence-electron chi connectivity index (χ2n) is 7.16. The van der Waals surface area contributed by atoms with E-state index in [0.717, 1.165) is 12.4 Å². The zero-order chi connectivity index (χ0) is 16.8. The van der Waals surface area contributed by atoms with Crippen LogP contribution in [0.1, 0.15) is 46.8 Å². The minimum absolute atomic E-state index is 0.657. The molecule has 0 aliphatic heterocycles. The zero-order valence-electron chi connectivity index (χ0n) is 15.0. The summed E-state index contributed by atoms with van der Waals surface area (Å²) in [6.07, 6.45) is 4.58. The monoisotopic (exact) mass is 319 g/mol. The molecule has 0 spiro atoms. The van der Waals surface area contributed by atoms with Crippen LogP contribution in [0.3, 0.4) is 0 Å². The maximum atomic E-state index is 4.73. The van der Waals surface area contributed by atoms with Gasteiger partial charge in [0.05, 0.1) is 5.52 Å². The highest BCUT2D eigenvalue weighted by Gasteiger charge is 2.29.